The average Bonchev–Trinajstić information content (AvgIpc) is 2.78. The van der Waals surface area contributed by atoms with Gasteiger partial charge in [0.2, 0.25) is 5.78 Å². The van der Waals surface area contributed by atoms with Crippen LogP contribution in [-0.4, -0.2) is 29.2 Å². The van der Waals surface area contributed by atoms with Gasteiger partial charge < -0.3 is 10.1 Å². The number of nitro groups is 1. The molecule has 162 valence electrons. The Hall–Kier alpha value is -4.33. The zero-order valence-electron chi connectivity index (χ0n) is 17.5. The van der Waals surface area contributed by atoms with Crippen molar-refractivity contribution in [3.63, 3.8) is 0 Å². The zero-order chi connectivity index (χ0) is 23.3. The number of esters is 1. The number of rotatable bonds is 7. The number of nitro benzene ring substituents is 1. The fourth-order valence-electron chi connectivity index (χ4n) is 2.88. The molecule has 0 radical (unpaired) electrons. The Labute approximate surface area is 184 Å². The summed E-state index contributed by atoms with van der Waals surface area (Å²) in [5.41, 5.74) is 2.58. The Kier molecular flexibility index (Phi) is 6.74. The summed E-state index contributed by atoms with van der Waals surface area (Å²) in [6.07, 6.45) is 0. The predicted octanol–water partition coefficient (Wildman–Crippen LogP) is 4.50. The van der Waals surface area contributed by atoms with Crippen molar-refractivity contribution >= 4 is 29.0 Å². The number of hydrogen-bond acceptors (Lipinski definition) is 6. The van der Waals surface area contributed by atoms with Gasteiger partial charge in [0.1, 0.15) is 0 Å². The third kappa shape index (κ3) is 5.42. The normalized spacial score (nSPS) is 10.3. The van der Waals surface area contributed by atoms with Crippen molar-refractivity contribution in [2.75, 3.05) is 11.9 Å². The van der Waals surface area contributed by atoms with E-state index in [1.165, 1.54) is 24.3 Å². The van der Waals surface area contributed by atoms with Crippen molar-refractivity contribution in [3.05, 3.63) is 105 Å². The number of benzene rings is 3. The molecule has 0 saturated carbocycles. The number of hydrogen-bond donors (Lipinski definition) is 1. The number of carbonyl (C=O) groups is 3. The second-order valence-electron chi connectivity index (χ2n) is 7.16. The van der Waals surface area contributed by atoms with Gasteiger partial charge in [0.15, 0.2) is 6.61 Å². The number of nitrogens with zero attached hydrogens (tertiary/aromatic N) is 1. The molecule has 1 N–H and O–H groups in total. The third-order valence-corrected chi connectivity index (χ3v) is 4.75. The fraction of sp³-hybridized carbons (Fsp3) is 0.125. The molecule has 0 aromatic heterocycles. The Balaban J connectivity index is 1.58. The highest BCUT2D eigenvalue weighted by Crippen LogP contribution is 2.20. The van der Waals surface area contributed by atoms with Gasteiger partial charge in [-0.3, -0.25) is 19.7 Å². The summed E-state index contributed by atoms with van der Waals surface area (Å²) in [5, 5.41) is 13.8. The van der Waals surface area contributed by atoms with Gasteiger partial charge in [0.25, 0.3) is 11.6 Å². The van der Waals surface area contributed by atoms with Crippen LogP contribution in [0.4, 0.5) is 11.4 Å². The van der Waals surface area contributed by atoms with Gasteiger partial charge in [0, 0.05) is 28.4 Å². The van der Waals surface area contributed by atoms with Gasteiger partial charge in [-0.1, -0.05) is 29.8 Å². The third-order valence-electron chi connectivity index (χ3n) is 4.75. The maximum Gasteiger partial charge on any atom is 0.338 e. The van der Waals surface area contributed by atoms with Crippen molar-refractivity contribution in [3.8, 4) is 0 Å². The number of Topliss-reactive ketones (excluding diaryl/α,β-unsaturated/α-hetero) is 1. The minimum atomic E-state index is -0.726. The zero-order valence-corrected chi connectivity index (χ0v) is 17.5. The van der Waals surface area contributed by atoms with Gasteiger partial charge >= 0.3 is 5.97 Å². The standard InChI is InChI=1S/C24H20N2O6/c1-15-3-6-17(7-4-15)23(28)25-20-11-9-18(10-12-20)24(29)32-14-22(27)19-8-5-16(2)21(13-19)26(30)31/h3-13H,14H2,1-2H3,(H,25,28). The summed E-state index contributed by atoms with van der Waals surface area (Å²) in [4.78, 5) is 47.2. The SMILES string of the molecule is Cc1ccc(C(=O)Nc2ccc(C(=O)OCC(=O)c3ccc(C)c([N+](=O)[O-])c3)cc2)cc1. The van der Waals surface area contributed by atoms with E-state index in [9.17, 15) is 24.5 Å². The lowest BCUT2D eigenvalue weighted by molar-refractivity contribution is -0.385. The Morgan fingerprint density at radius 1 is 0.875 bits per heavy atom. The van der Waals surface area contributed by atoms with Crippen LogP contribution in [0, 0.1) is 24.0 Å². The maximum atomic E-state index is 12.3. The van der Waals surface area contributed by atoms with E-state index in [1.54, 1.807) is 31.2 Å². The first-order valence-electron chi connectivity index (χ1n) is 9.68. The van der Waals surface area contributed by atoms with E-state index in [1.807, 2.05) is 19.1 Å². The van der Waals surface area contributed by atoms with Crippen LogP contribution in [0.25, 0.3) is 0 Å². The first-order chi connectivity index (χ1) is 15.2. The van der Waals surface area contributed by atoms with Crippen molar-refractivity contribution in [2.24, 2.45) is 0 Å². The summed E-state index contributed by atoms with van der Waals surface area (Å²) in [5.74, 6) is -1.56. The van der Waals surface area contributed by atoms with E-state index in [4.69, 9.17) is 4.74 Å². The summed E-state index contributed by atoms with van der Waals surface area (Å²) in [7, 11) is 0. The van der Waals surface area contributed by atoms with Crippen molar-refractivity contribution < 1.29 is 24.0 Å². The molecular formula is C24H20N2O6. The van der Waals surface area contributed by atoms with Crippen LogP contribution >= 0.6 is 0 Å². The highest BCUT2D eigenvalue weighted by molar-refractivity contribution is 6.04. The predicted molar refractivity (Wildman–Crippen MR) is 118 cm³/mol. The van der Waals surface area contributed by atoms with Crippen molar-refractivity contribution in [1.82, 2.24) is 0 Å². The van der Waals surface area contributed by atoms with Crippen LogP contribution in [0.3, 0.4) is 0 Å². The number of ether oxygens (including phenoxy) is 1. The molecule has 3 aromatic carbocycles. The van der Waals surface area contributed by atoms with E-state index in [0.717, 1.165) is 11.6 Å². The molecule has 0 atom stereocenters. The Morgan fingerprint density at radius 2 is 1.47 bits per heavy atom. The molecule has 0 aliphatic rings. The second-order valence-corrected chi connectivity index (χ2v) is 7.16. The second kappa shape index (κ2) is 9.65. The number of amides is 1. The summed E-state index contributed by atoms with van der Waals surface area (Å²) >= 11 is 0. The van der Waals surface area contributed by atoms with E-state index in [-0.39, 0.29) is 22.7 Å². The van der Waals surface area contributed by atoms with E-state index in [0.29, 0.717) is 16.8 Å². The topological polar surface area (TPSA) is 116 Å². The van der Waals surface area contributed by atoms with Crippen molar-refractivity contribution in [1.29, 1.82) is 0 Å². The number of aryl methyl sites for hydroxylation is 2. The van der Waals surface area contributed by atoms with Crippen molar-refractivity contribution in [2.45, 2.75) is 13.8 Å². The lowest BCUT2D eigenvalue weighted by atomic mass is 10.1. The molecule has 0 unspecified atom stereocenters. The van der Waals surface area contributed by atoms with Gasteiger partial charge in [-0.15, -0.1) is 0 Å². The van der Waals surface area contributed by atoms with Gasteiger partial charge in [-0.2, -0.15) is 0 Å². The Bertz CT molecular complexity index is 1180. The largest absolute Gasteiger partial charge is 0.454 e. The molecule has 0 heterocycles. The van der Waals surface area contributed by atoms with E-state index in [2.05, 4.69) is 5.32 Å². The molecule has 0 bridgehead atoms. The van der Waals surface area contributed by atoms with Gasteiger partial charge in [-0.25, -0.2) is 4.79 Å². The number of carbonyl (C=O) groups excluding carboxylic acids is 3. The highest BCUT2D eigenvalue weighted by Gasteiger charge is 2.17. The molecule has 0 spiro atoms. The number of nitrogens with one attached hydrogen (secondary N) is 1. The number of ketones is 1. The quantitative estimate of drug-likeness (QED) is 0.254. The molecule has 3 rings (SSSR count). The van der Waals surface area contributed by atoms with E-state index >= 15 is 0 Å². The monoisotopic (exact) mass is 432 g/mol. The minimum Gasteiger partial charge on any atom is -0.454 e. The molecule has 0 aliphatic heterocycles. The van der Waals surface area contributed by atoms with Gasteiger partial charge in [0.05, 0.1) is 10.5 Å². The molecule has 8 heteroatoms. The first kappa shape index (κ1) is 22.4. The minimum absolute atomic E-state index is 0.0873. The van der Waals surface area contributed by atoms with Crippen LogP contribution in [0.5, 0.6) is 0 Å². The molecule has 32 heavy (non-hydrogen) atoms. The molecule has 0 saturated heterocycles. The van der Waals surface area contributed by atoms with Gasteiger partial charge in [-0.05, 0) is 50.2 Å². The lowest BCUT2D eigenvalue weighted by Gasteiger charge is -2.08. The first-order valence-corrected chi connectivity index (χ1v) is 9.68. The summed E-state index contributed by atoms with van der Waals surface area (Å²) < 4.78 is 5.03. The Morgan fingerprint density at radius 3 is 2.09 bits per heavy atom. The average molecular weight is 432 g/mol. The summed E-state index contributed by atoms with van der Waals surface area (Å²) in [6.45, 7) is 2.95. The molecular weight excluding hydrogens is 412 g/mol. The maximum absolute atomic E-state index is 12.3. The molecule has 8 nitrogen and oxygen atoms in total. The fourth-order valence-corrected chi connectivity index (χ4v) is 2.88. The highest BCUT2D eigenvalue weighted by atomic mass is 16.6. The van der Waals surface area contributed by atoms with Crippen LogP contribution < -0.4 is 5.32 Å². The van der Waals surface area contributed by atoms with Crippen LogP contribution in [0.1, 0.15) is 42.2 Å². The van der Waals surface area contributed by atoms with E-state index < -0.39 is 23.3 Å². The van der Waals surface area contributed by atoms with Crippen LogP contribution in [0.2, 0.25) is 0 Å². The molecule has 0 fully saturated rings. The lowest BCUT2D eigenvalue weighted by Crippen LogP contribution is -2.15. The smallest absolute Gasteiger partial charge is 0.338 e. The number of anilines is 1. The molecule has 1 amide bonds. The van der Waals surface area contributed by atoms with Crippen LogP contribution in [0.15, 0.2) is 66.7 Å². The molecule has 3 aromatic rings. The summed E-state index contributed by atoms with van der Waals surface area (Å²) in [6, 6.07) is 17.2. The van der Waals surface area contributed by atoms with Crippen LogP contribution in [-0.2, 0) is 4.74 Å². The molecule has 0 aliphatic carbocycles.